The van der Waals surface area contributed by atoms with Gasteiger partial charge in [0.1, 0.15) is 0 Å². The topological polar surface area (TPSA) is 58.6 Å². The largest absolute Gasteiger partial charge is 0.468 e. The summed E-state index contributed by atoms with van der Waals surface area (Å²) < 4.78 is 4.44. The van der Waals surface area contributed by atoms with E-state index < -0.39 is 0 Å². The molecule has 12 heavy (non-hydrogen) atoms. The Labute approximate surface area is 72.9 Å². The minimum absolute atomic E-state index is 0.0364. The van der Waals surface area contributed by atoms with Crippen LogP contribution >= 0.6 is 0 Å². The van der Waals surface area contributed by atoms with Gasteiger partial charge in [-0.05, 0) is 5.92 Å². The van der Waals surface area contributed by atoms with E-state index in [0.717, 1.165) is 0 Å². The maximum atomic E-state index is 10.7. The summed E-state index contributed by atoms with van der Waals surface area (Å²) in [5.41, 5.74) is 0. The number of nitrogens with one attached hydrogen (secondary N) is 1. The summed E-state index contributed by atoms with van der Waals surface area (Å²) in [5.74, 6) is -0.00578. The molecule has 1 unspecified atom stereocenters. The quantitative estimate of drug-likeness (QED) is 0.566. The Kier molecular flexibility index (Phi) is 5.66. The maximum Gasteiger partial charge on any atom is 0.319 e. The van der Waals surface area contributed by atoms with Gasteiger partial charge in [-0.3, -0.25) is 4.79 Å². The van der Waals surface area contributed by atoms with Crippen molar-refractivity contribution in [3.8, 4) is 0 Å². The Balaban J connectivity index is 3.65. The number of hydrogen-bond acceptors (Lipinski definition) is 4. The summed E-state index contributed by atoms with van der Waals surface area (Å²) in [4.78, 5) is 10.7. The molecule has 4 nitrogen and oxygen atoms in total. The third-order valence-corrected chi connectivity index (χ3v) is 1.74. The fraction of sp³-hybridized carbons (Fsp3) is 0.875. The van der Waals surface area contributed by atoms with E-state index in [4.69, 9.17) is 5.11 Å². The van der Waals surface area contributed by atoms with Gasteiger partial charge in [0.2, 0.25) is 0 Å². The number of rotatable bonds is 5. The molecule has 0 saturated heterocycles. The summed E-state index contributed by atoms with van der Waals surface area (Å²) in [6.45, 7) is 4.14. The van der Waals surface area contributed by atoms with Gasteiger partial charge < -0.3 is 15.2 Å². The number of methoxy groups -OCH3 is 1. The van der Waals surface area contributed by atoms with Crippen molar-refractivity contribution >= 4 is 5.97 Å². The van der Waals surface area contributed by atoms with Crippen molar-refractivity contribution in [3.05, 3.63) is 0 Å². The molecular weight excluding hydrogens is 158 g/mol. The standard InChI is InChI=1S/C8H17NO3/c1-6(2)7(5-10)9-4-8(11)12-3/h6-7,9-10H,4-5H2,1-3H3. The Morgan fingerprint density at radius 2 is 2.17 bits per heavy atom. The Morgan fingerprint density at radius 3 is 2.50 bits per heavy atom. The van der Waals surface area contributed by atoms with Crippen LogP contribution in [0.1, 0.15) is 13.8 Å². The van der Waals surface area contributed by atoms with Gasteiger partial charge in [0, 0.05) is 6.04 Å². The molecule has 1 atom stereocenters. The number of carbonyl (C=O) groups excluding carboxylic acids is 1. The van der Waals surface area contributed by atoms with Gasteiger partial charge >= 0.3 is 5.97 Å². The molecular formula is C8H17NO3. The first kappa shape index (κ1) is 11.4. The van der Waals surface area contributed by atoms with E-state index in [9.17, 15) is 4.79 Å². The maximum absolute atomic E-state index is 10.7. The van der Waals surface area contributed by atoms with Gasteiger partial charge in [-0.15, -0.1) is 0 Å². The average molecular weight is 175 g/mol. The van der Waals surface area contributed by atoms with Crippen molar-refractivity contribution in [1.29, 1.82) is 0 Å². The summed E-state index contributed by atoms with van der Waals surface area (Å²) in [6, 6.07) is -0.0379. The SMILES string of the molecule is COC(=O)CNC(CO)C(C)C. The first-order valence-electron chi connectivity index (χ1n) is 4.02. The molecule has 0 aromatic carbocycles. The molecule has 0 amide bonds. The summed E-state index contributed by atoms with van der Waals surface area (Å²) in [5, 5.41) is 11.8. The summed E-state index contributed by atoms with van der Waals surface area (Å²) in [6.07, 6.45) is 0. The number of aliphatic hydroxyl groups excluding tert-OH is 1. The third-order valence-electron chi connectivity index (χ3n) is 1.74. The Bertz CT molecular complexity index is 136. The molecule has 0 saturated carbocycles. The minimum atomic E-state index is -0.311. The molecule has 0 bridgehead atoms. The van der Waals surface area contributed by atoms with Gasteiger partial charge in [0.05, 0.1) is 20.3 Å². The molecule has 2 N–H and O–H groups in total. The predicted octanol–water partition coefficient (Wildman–Crippen LogP) is -0.234. The van der Waals surface area contributed by atoms with Crippen LogP contribution < -0.4 is 5.32 Å². The van der Waals surface area contributed by atoms with Crippen molar-refractivity contribution < 1.29 is 14.6 Å². The fourth-order valence-electron chi connectivity index (χ4n) is 0.798. The molecule has 0 aromatic heterocycles. The second kappa shape index (κ2) is 5.97. The van der Waals surface area contributed by atoms with Gasteiger partial charge in [-0.25, -0.2) is 0 Å². The fourth-order valence-corrected chi connectivity index (χ4v) is 0.798. The highest BCUT2D eigenvalue weighted by atomic mass is 16.5. The zero-order valence-corrected chi connectivity index (χ0v) is 7.83. The summed E-state index contributed by atoms with van der Waals surface area (Å²) >= 11 is 0. The highest BCUT2D eigenvalue weighted by Crippen LogP contribution is 1.99. The molecule has 0 fully saturated rings. The normalized spacial score (nSPS) is 13.1. The number of ether oxygens (including phenoxy) is 1. The van der Waals surface area contributed by atoms with E-state index in [1.54, 1.807) is 0 Å². The number of carbonyl (C=O) groups is 1. The van der Waals surface area contributed by atoms with Gasteiger partial charge in [-0.2, -0.15) is 0 Å². The van der Waals surface area contributed by atoms with Crippen LogP contribution in [0.2, 0.25) is 0 Å². The highest BCUT2D eigenvalue weighted by molar-refractivity contribution is 5.71. The lowest BCUT2D eigenvalue weighted by molar-refractivity contribution is -0.139. The van der Waals surface area contributed by atoms with Crippen LogP contribution in [0.4, 0.5) is 0 Å². The molecule has 0 aliphatic carbocycles. The second-order valence-electron chi connectivity index (χ2n) is 2.99. The van der Waals surface area contributed by atoms with Crippen molar-refractivity contribution in [1.82, 2.24) is 5.32 Å². The van der Waals surface area contributed by atoms with Gasteiger partial charge in [-0.1, -0.05) is 13.8 Å². The van der Waals surface area contributed by atoms with E-state index in [1.165, 1.54) is 7.11 Å². The van der Waals surface area contributed by atoms with Crippen molar-refractivity contribution in [2.45, 2.75) is 19.9 Å². The number of hydrogen-bond donors (Lipinski definition) is 2. The lowest BCUT2D eigenvalue weighted by Crippen LogP contribution is -2.40. The van der Waals surface area contributed by atoms with Crippen LogP contribution in [0.5, 0.6) is 0 Å². The molecule has 4 heteroatoms. The Hall–Kier alpha value is -0.610. The molecule has 0 rings (SSSR count). The lowest BCUT2D eigenvalue weighted by Gasteiger charge is -2.18. The summed E-state index contributed by atoms with van der Waals surface area (Å²) in [7, 11) is 1.34. The number of esters is 1. The number of aliphatic hydroxyl groups is 1. The molecule has 0 radical (unpaired) electrons. The van der Waals surface area contributed by atoms with Crippen molar-refractivity contribution in [2.24, 2.45) is 5.92 Å². The van der Waals surface area contributed by atoms with Crippen LogP contribution in [0.15, 0.2) is 0 Å². The molecule has 0 spiro atoms. The highest BCUT2D eigenvalue weighted by Gasteiger charge is 2.12. The Morgan fingerprint density at radius 1 is 1.58 bits per heavy atom. The molecule has 0 aliphatic heterocycles. The first-order chi connectivity index (χ1) is 5.61. The van der Waals surface area contributed by atoms with Crippen LogP contribution in [0, 0.1) is 5.92 Å². The zero-order valence-electron chi connectivity index (χ0n) is 7.83. The van der Waals surface area contributed by atoms with E-state index in [-0.39, 0.29) is 25.2 Å². The van der Waals surface area contributed by atoms with Crippen LogP contribution in [0.25, 0.3) is 0 Å². The van der Waals surface area contributed by atoms with Crippen LogP contribution in [-0.2, 0) is 9.53 Å². The minimum Gasteiger partial charge on any atom is -0.468 e. The van der Waals surface area contributed by atoms with E-state index in [1.807, 2.05) is 13.8 Å². The molecule has 0 heterocycles. The third kappa shape index (κ3) is 4.31. The van der Waals surface area contributed by atoms with Gasteiger partial charge in [0.15, 0.2) is 0 Å². The molecule has 0 aliphatic rings. The smallest absolute Gasteiger partial charge is 0.319 e. The predicted molar refractivity (Wildman–Crippen MR) is 45.7 cm³/mol. The molecule has 72 valence electrons. The second-order valence-corrected chi connectivity index (χ2v) is 2.99. The lowest BCUT2D eigenvalue weighted by atomic mass is 10.1. The van der Waals surface area contributed by atoms with Crippen molar-refractivity contribution in [2.75, 3.05) is 20.3 Å². The van der Waals surface area contributed by atoms with E-state index in [0.29, 0.717) is 5.92 Å². The van der Waals surface area contributed by atoms with E-state index >= 15 is 0 Å². The molecule has 0 aromatic rings. The van der Waals surface area contributed by atoms with Gasteiger partial charge in [0.25, 0.3) is 0 Å². The van der Waals surface area contributed by atoms with Crippen molar-refractivity contribution in [3.63, 3.8) is 0 Å². The average Bonchev–Trinajstić information content (AvgIpc) is 2.04. The monoisotopic (exact) mass is 175 g/mol. The van der Waals surface area contributed by atoms with Crippen LogP contribution in [0.3, 0.4) is 0 Å². The van der Waals surface area contributed by atoms with Crippen LogP contribution in [-0.4, -0.2) is 37.4 Å². The zero-order chi connectivity index (χ0) is 9.56. The first-order valence-corrected chi connectivity index (χ1v) is 4.02. The van der Waals surface area contributed by atoms with E-state index in [2.05, 4.69) is 10.1 Å².